The molecule has 2 amide bonds. The number of nitrogens with one attached hydrogen (secondary N) is 2. The summed E-state index contributed by atoms with van der Waals surface area (Å²) in [5, 5.41) is 13.5. The van der Waals surface area contributed by atoms with Crippen LogP contribution < -0.4 is 15.5 Å². The van der Waals surface area contributed by atoms with Gasteiger partial charge in [0.05, 0.1) is 0 Å². The molecule has 2 N–H and O–H groups in total. The van der Waals surface area contributed by atoms with E-state index in [0.717, 1.165) is 30.0 Å². The van der Waals surface area contributed by atoms with Crippen LogP contribution in [0.2, 0.25) is 0 Å². The summed E-state index contributed by atoms with van der Waals surface area (Å²) >= 11 is 0.973. The second kappa shape index (κ2) is 9.61. The SMILES string of the molecule is CN(CCCNC(=O)c1nnc(C(=O)Nc2ccccc2)s1)c1ccccc1. The summed E-state index contributed by atoms with van der Waals surface area (Å²) in [6.07, 6.45) is 0.789. The number of amides is 2. The van der Waals surface area contributed by atoms with Crippen LogP contribution in [0, 0.1) is 0 Å². The molecule has 8 heteroatoms. The molecular weight excluding hydrogens is 374 g/mol. The minimum atomic E-state index is -0.382. The number of anilines is 2. The number of para-hydroxylation sites is 2. The van der Waals surface area contributed by atoms with Crippen LogP contribution in [0.4, 0.5) is 11.4 Å². The molecule has 0 aliphatic rings. The van der Waals surface area contributed by atoms with E-state index in [2.05, 4.69) is 25.7 Å². The number of carbonyl (C=O) groups is 2. The Morgan fingerprint density at radius 2 is 1.54 bits per heavy atom. The highest BCUT2D eigenvalue weighted by molar-refractivity contribution is 7.15. The Morgan fingerprint density at radius 1 is 0.929 bits per heavy atom. The molecule has 144 valence electrons. The molecule has 0 saturated carbocycles. The Kier molecular flexibility index (Phi) is 6.69. The summed E-state index contributed by atoms with van der Waals surface area (Å²) < 4.78 is 0. The zero-order valence-corrected chi connectivity index (χ0v) is 16.3. The topological polar surface area (TPSA) is 87.2 Å². The monoisotopic (exact) mass is 395 g/mol. The van der Waals surface area contributed by atoms with Crippen molar-refractivity contribution in [2.45, 2.75) is 6.42 Å². The van der Waals surface area contributed by atoms with Crippen LogP contribution in [0.3, 0.4) is 0 Å². The largest absolute Gasteiger partial charge is 0.375 e. The predicted molar refractivity (Wildman–Crippen MR) is 111 cm³/mol. The van der Waals surface area contributed by atoms with Crippen molar-refractivity contribution in [3.8, 4) is 0 Å². The molecule has 0 saturated heterocycles. The highest BCUT2D eigenvalue weighted by Crippen LogP contribution is 2.13. The van der Waals surface area contributed by atoms with Crippen molar-refractivity contribution in [2.24, 2.45) is 0 Å². The van der Waals surface area contributed by atoms with E-state index in [1.54, 1.807) is 12.1 Å². The fraction of sp³-hybridized carbons (Fsp3) is 0.200. The number of benzene rings is 2. The third-order valence-corrected chi connectivity index (χ3v) is 4.92. The summed E-state index contributed by atoms with van der Waals surface area (Å²) in [5.74, 6) is -0.703. The molecule has 0 radical (unpaired) electrons. The third kappa shape index (κ3) is 5.37. The van der Waals surface area contributed by atoms with Crippen molar-refractivity contribution < 1.29 is 9.59 Å². The maximum atomic E-state index is 12.2. The summed E-state index contributed by atoms with van der Waals surface area (Å²) in [6, 6.07) is 19.1. The molecule has 1 aromatic heterocycles. The van der Waals surface area contributed by atoms with Crippen molar-refractivity contribution in [3.05, 3.63) is 70.7 Å². The molecule has 3 aromatic rings. The van der Waals surface area contributed by atoms with Crippen molar-refractivity contribution in [1.29, 1.82) is 0 Å². The molecule has 0 aliphatic heterocycles. The quantitative estimate of drug-likeness (QED) is 0.573. The van der Waals surface area contributed by atoms with Crippen LogP contribution in [0.25, 0.3) is 0 Å². The minimum Gasteiger partial charge on any atom is -0.375 e. The van der Waals surface area contributed by atoms with Gasteiger partial charge in [-0.1, -0.05) is 47.7 Å². The maximum absolute atomic E-state index is 12.2. The van der Waals surface area contributed by atoms with Gasteiger partial charge in [-0.05, 0) is 30.7 Å². The van der Waals surface area contributed by atoms with E-state index in [0.29, 0.717) is 12.2 Å². The lowest BCUT2D eigenvalue weighted by Crippen LogP contribution is -2.28. The Bertz CT molecular complexity index is 915. The van der Waals surface area contributed by atoms with Crippen molar-refractivity contribution in [2.75, 3.05) is 30.4 Å². The fourth-order valence-electron chi connectivity index (χ4n) is 2.52. The van der Waals surface area contributed by atoms with Crippen LogP contribution in [0.5, 0.6) is 0 Å². The Morgan fingerprint density at radius 3 is 2.21 bits per heavy atom. The number of rotatable bonds is 8. The van der Waals surface area contributed by atoms with E-state index in [4.69, 9.17) is 0 Å². The normalized spacial score (nSPS) is 10.3. The lowest BCUT2D eigenvalue weighted by atomic mass is 10.3. The van der Waals surface area contributed by atoms with Crippen LogP contribution in [0.1, 0.15) is 26.0 Å². The van der Waals surface area contributed by atoms with Gasteiger partial charge in [0.1, 0.15) is 0 Å². The van der Waals surface area contributed by atoms with Crippen LogP contribution in [-0.4, -0.2) is 42.1 Å². The maximum Gasteiger partial charge on any atom is 0.286 e. The molecule has 2 aromatic carbocycles. The Hall–Kier alpha value is -3.26. The molecule has 1 heterocycles. The van der Waals surface area contributed by atoms with Gasteiger partial charge in [0, 0.05) is 31.5 Å². The molecule has 3 rings (SSSR count). The first-order valence-corrected chi connectivity index (χ1v) is 9.69. The number of carbonyl (C=O) groups excluding carboxylic acids is 2. The number of hydrogen-bond acceptors (Lipinski definition) is 6. The van der Waals surface area contributed by atoms with E-state index in [-0.39, 0.29) is 21.8 Å². The number of aromatic nitrogens is 2. The van der Waals surface area contributed by atoms with Gasteiger partial charge in [0.15, 0.2) is 0 Å². The summed E-state index contributed by atoms with van der Waals surface area (Å²) in [6.45, 7) is 1.33. The van der Waals surface area contributed by atoms with E-state index in [9.17, 15) is 9.59 Å². The van der Waals surface area contributed by atoms with Crippen molar-refractivity contribution >= 4 is 34.5 Å². The van der Waals surface area contributed by atoms with E-state index >= 15 is 0 Å². The van der Waals surface area contributed by atoms with Gasteiger partial charge in [-0.15, -0.1) is 10.2 Å². The first-order chi connectivity index (χ1) is 13.6. The van der Waals surface area contributed by atoms with Crippen LogP contribution >= 0.6 is 11.3 Å². The molecule has 0 unspecified atom stereocenters. The fourth-order valence-corrected chi connectivity index (χ4v) is 3.17. The molecule has 0 aliphatic carbocycles. The van der Waals surface area contributed by atoms with Gasteiger partial charge in [0.25, 0.3) is 11.8 Å². The van der Waals surface area contributed by atoms with E-state index in [1.807, 2.05) is 55.6 Å². The predicted octanol–water partition coefficient (Wildman–Crippen LogP) is 3.05. The standard InChI is InChI=1S/C20H21N5O2S/c1-25(16-11-6-3-7-12-16)14-8-13-21-17(26)19-23-24-20(28-19)18(27)22-15-9-4-2-5-10-15/h2-7,9-12H,8,13-14H2,1H3,(H,21,26)(H,22,27). The number of nitrogens with zero attached hydrogens (tertiary/aromatic N) is 3. The Labute approximate surface area is 167 Å². The minimum absolute atomic E-state index is 0.151. The van der Waals surface area contributed by atoms with Gasteiger partial charge in [-0.3, -0.25) is 9.59 Å². The molecule has 0 fully saturated rings. The second-order valence-electron chi connectivity index (χ2n) is 6.10. The van der Waals surface area contributed by atoms with Gasteiger partial charge in [0.2, 0.25) is 10.0 Å². The van der Waals surface area contributed by atoms with Gasteiger partial charge in [-0.2, -0.15) is 0 Å². The average molecular weight is 395 g/mol. The van der Waals surface area contributed by atoms with Crippen LogP contribution in [-0.2, 0) is 0 Å². The first kappa shape index (κ1) is 19.5. The summed E-state index contributed by atoms with van der Waals surface area (Å²) in [4.78, 5) is 26.5. The van der Waals surface area contributed by atoms with Gasteiger partial charge < -0.3 is 15.5 Å². The zero-order chi connectivity index (χ0) is 19.8. The first-order valence-electron chi connectivity index (χ1n) is 8.88. The van der Waals surface area contributed by atoms with E-state index < -0.39 is 0 Å². The van der Waals surface area contributed by atoms with Gasteiger partial charge >= 0.3 is 0 Å². The average Bonchev–Trinajstić information content (AvgIpc) is 3.23. The van der Waals surface area contributed by atoms with Crippen LogP contribution in [0.15, 0.2) is 60.7 Å². The lowest BCUT2D eigenvalue weighted by Gasteiger charge is -2.19. The van der Waals surface area contributed by atoms with Crippen molar-refractivity contribution in [1.82, 2.24) is 15.5 Å². The third-order valence-electron chi connectivity index (χ3n) is 4.00. The highest BCUT2D eigenvalue weighted by atomic mass is 32.1. The highest BCUT2D eigenvalue weighted by Gasteiger charge is 2.17. The molecular formula is C20H21N5O2S. The molecule has 0 spiro atoms. The smallest absolute Gasteiger partial charge is 0.286 e. The molecule has 0 bridgehead atoms. The zero-order valence-electron chi connectivity index (χ0n) is 15.5. The summed E-state index contributed by atoms with van der Waals surface area (Å²) in [7, 11) is 2.01. The Balaban J connectivity index is 1.44. The lowest BCUT2D eigenvalue weighted by molar-refractivity contribution is 0.0951. The summed E-state index contributed by atoms with van der Waals surface area (Å²) in [5.41, 5.74) is 1.79. The molecule has 7 nitrogen and oxygen atoms in total. The van der Waals surface area contributed by atoms with Gasteiger partial charge in [-0.25, -0.2) is 0 Å². The van der Waals surface area contributed by atoms with E-state index in [1.165, 1.54) is 0 Å². The second-order valence-corrected chi connectivity index (χ2v) is 7.08. The number of hydrogen-bond donors (Lipinski definition) is 2. The molecule has 0 atom stereocenters. The molecule has 28 heavy (non-hydrogen) atoms. The van der Waals surface area contributed by atoms with Crippen molar-refractivity contribution in [3.63, 3.8) is 0 Å².